The molecule has 1 unspecified atom stereocenters. The maximum atomic E-state index is 12.5. The number of nitrogens with zero attached hydrogens (tertiary/aromatic N) is 1. The van der Waals surface area contributed by atoms with Crippen molar-refractivity contribution in [2.45, 2.75) is 71.6 Å². The Balaban J connectivity index is 1.87. The highest BCUT2D eigenvalue weighted by atomic mass is 16.5. The SMILES string of the molecule is CCN(CC(=O)O)C1CC(NC(=O)C(C)Oc2cc(C)ccc2C(C)C)C1. The van der Waals surface area contributed by atoms with Crippen molar-refractivity contribution in [1.82, 2.24) is 10.2 Å². The third kappa shape index (κ3) is 5.70. The molecule has 0 saturated heterocycles. The van der Waals surface area contributed by atoms with Gasteiger partial charge in [0.15, 0.2) is 6.10 Å². The Morgan fingerprint density at radius 2 is 1.96 bits per heavy atom. The highest BCUT2D eigenvalue weighted by molar-refractivity contribution is 5.81. The number of benzene rings is 1. The summed E-state index contributed by atoms with van der Waals surface area (Å²) in [7, 11) is 0. The van der Waals surface area contributed by atoms with Gasteiger partial charge in [-0.05, 0) is 56.3 Å². The molecule has 6 heteroatoms. The molecule has 1 atom stereocenters. The molecule has 1 aromatic carbocycles. The summed E-state index contributed by atoms with van der Waals surface area (Å²) < 4.78 is 5.97. The first kappa shape index (κ1) is 21.2. The molecule has 0 aromatic heterocycles. The molecule has 1 aliphatic rings. The molecule has 1 fully saturated rings. The van der Waals surface area contributed by atoms with Gasteiger partial charge in [-0.3, -0.25) is 14.5 Å². The summed E-state index contributed by atoms with van der Waals surface area (Å²) in [5.41, 5.74) is 2.19. The Labute approximate surface area is 161 Å². The molecule has 1 aliphatic carbocycles. The predicted molar refractivity (Wildman–Crippen MR) is 105 cm³/mol. The normalized spacial score (nSPS) is 20.3. The second-order valence-corrected chi connectivity index (χ2v) is 7.74. The van der Waals surface area contributed by atoms with E-state index in [1.54, 1.807) is 6.92 Å². The largest absolute Gasteiger partial charge is 0.481 e. The fourth-order valence-corrected chi connectivity index (χ4v) is 3.46. The zero-order valence-corrected chi connectivity index (χ0v) is 17.0. The van der Waals surface area contributed by atoms with Gasteiger partial charge in [0.2, 0.25) is 0 Å². The number of aryl methyl sites for hydroxylation is 1. The third-order valence-corrected chi connectivity index (χ3v) is 5.18. The van der Waals surface area contributed by atoms with E-state index in [9.17, 15) is 9.59 Å². The number of amides is 1. The molecular formula is C21H32N2O4. The lowest BCUT2D eigenvalue weighted by Gasteiger charge is -2.42. The van der Waals surface area contributed by atoms with Crippen LogP contribution >= 0.6 is 0 Å². The molecule has 2 rings (SSSR count). The molecule has 0 aliphatic heterocycles. The summed E-state index contributed by atoms with van der Waals surface area (Å²) in [6.07, 6.45) is 0.979. The van der Waals surface area contributed by atoms with Crippen LogP contribution in [0.25, 0.3) is 0 Å². The van der Waals surface area contributed by atoms with E-state index in [0.717, 1.165) is 29.7 Å². The fourth-order valence-electron chi connectivity index (χ4n) is 3.46. The van der Waals surface area contributed by atoms with Crippen LogP contribution in [0, 0.1) is 6.92 Å². The Morgan fingerprint density at radius 3 is 2.52 bits per heavy atom. The van der Waals surface area contributed by atoms with Gasteiger partial charge in [0.05, 0.1) is 6.54 Å². The van der Waals surface area contributed by atoms with Crippen LogP contribution in [0.2, 0.25) is 0 Å². The molecule has 0 heterocycles. The van der Waals surface area contributed by atoms with Crippen molar-refractivity contribution in [3.8, 4) is 5.75 Å². The summed E-state index contributed by atoms with van der Waals surface area (Å²) in [5, 5.41) is 12.0. The van der Waals surface area contributed by atoms with Gasteiger partial charge in [-0.25, -0.2) is 0 Å². The number of aliphatic carboxylic acids is 1. The van der Waals surface area contributed by atoms with Crippen molar-refractivity contribution in [2.75, 3.05) is 13.1 Å². The Kier molecular flexibility index (Phi) is 7.25. The van der Waals surface area contributed by atoms with Gasteiger partial charge >= 0.3 is 5.97 Å². The number of hydrogen-bond acceptors (Lipinski definition) is 4. The number of carbonyl (C=O) groups excluding carboxylic acids is 1. The van der Waals surface area contributed by atoms with Gasteiger partial charge in [-0.1, -0.05) is 32.9 Å². The molecule has 2 N–H and O–H groups in total. The van der Waals surface area contributed by atoms with Crippen LogP contribution in [-0.4, -0.2) is 53.2 Å². The van der Waals surface area contributed by atoms with Crippen LogP contribution in [0.15, 0.2) is 18.2 Å². The van der Waals surface area contributed by atoms with Crippen LogP contribution in [0.4, 0.5) is 0 Å². The second kappa shape index (κ2) is 9.22. The van der Waals surface area contributed by atoms with Gasteiger partial charge in [0.25, 0.3) is 5.91 Å². The standard InChI is InChI=1S/C21H32N2O4/c1-6-23(12-20(24)25)17-10-16(11-17)22-21(26)15(5)27-19-9-14(4)7-8-18(19)13(2)3/h7-9,13,15-17H,6,10-12H2,1-5H3,(H,22,26)(H,24,25). The van der Waals surface area contributed by atoms with Crippen molar-refractivity contribution in [3.63, 3.8) is 0 Å². The number of carbonyl (C=O) groups is 2. The van der Waals surface area contributed by atoms with E-state index >= 15 is 0 Å². The second-order valence-electron chi connectivity index (χ2n) is 7.74. The molecular weight excluding hydrogens is 344 g/mol. The highest BCUT2D eigenvalue weighted by Gasteiger charge is 2.35. The summed E-state index contributed by atoms with van der Waals surface area (Å²) in [4.78, 5) is 25.3. The minimum Gasteiger partial charge on any atom is -0.481 e. The van der Waals surface area contributed by atoms with Crippen LogP contribution in [0.1, 0.15) is 57.6 Å². The van der Waals surface area contributed by atoms with Crippen LogP contribution in [0.5, 0.6) is 5.75 Å². The summed E-state index contributed by atoms with van der Waals surface area (Å²) in [6.45, 7) is 10.7. The van der Waals surface area contributed by atoms with Crippen LogP contribution < -0.4 is 10.1 Å². The molecule has 6 nitrogen and oxygen atoms in total. The van der Waals surface area contributed by atoms with Crippen molar-refractivity contribution in [1.29, 1.82) is 0 Å². The number of nitrogens with one attached hydrogen (secondary N) is 1. The van der Waals surface area contributed by atoms with E-state index in [1.807, 2.05) is 24.8 Å². The molecule has 1 amide bonds. The molecule has 150 valence electrons. The maximum absolute atomic E-state index is 12.5. The zero-order chi connectivity index (χ0) is 20.1. The number of hydrogen-bond donors (Lipinski definition) is 2. The van der Waals surface area contributed by atoms with Crippen molar-refractivity contribution in [2.24, 2.45) is 0 Å². The van der Waals surface area contributed by atoms with Gasteiger partial charge in [-0.15, -0.1) is 0 Å². The van der Waals surface area contributed by atoms with Crippen molar-refractivity contribution >= 4 is 11.9 Å². The van der Waals surface area contributed by atoms with E-state index in [0.29, 0.717) is 12.5 Å². The molecule has 0 radical (unpaired) electrons. The predicted octanol–water partition coefficient (Wildman–Crippen LogP) is 2.94. The fraction of sp³-hybridized carbons (Fsp3) is 0.619. The minimum absolute atomic E-state index is 0.0483. The van der Waals surface area contributed by atoms with E-state index in [1.165, 1.54) is 0 Å². The first-order valence-electron chi connectivity index (χ1n) is 9.74. The van der Waals surface area contributed by atoms with E-state index in [-0.39, 0.29) is 24.5 Å². The summed E-state index contributed by atoms with van der Waals surface area (Å²) in [5.74, 6) is 0.136. The van der Waals surface area contributed by atoms with Crippen molar-refractivity contribution in [3.05, 3.63) is 29.3 Å². The van der Waals surface area contributed by atoms with Crippen molar-refractivity contribution < 1.29 is 19.4 Å². The average molecular weight is 376 g/mol. The first-order valence-corrected chi connectivity index (χ1v) is 9.74. The topological polar surface area (TPSA) is 78.9 Å². The van der Waals surface area contributed by atoms with Gasteiger partial charge in [0, 0.05) is 12.1 Å². The highest BCUT2D eigenvalue weighted by Crippen LogP contribution is 2.29. The number of ether oxygens (including phenoxy) is 1. The lowest BCUT2D eigenvalue weighted by atomic mass is 9.85. The molecule has 1 aromatic rings. The number of likely N-dealkylation sites (N-methyl/N-ethyl adjacent to an activating group) is 1. The van der Waals surface area contributed by atoms with Gasteiger partial charge in [-0.2, -0.15) is 0 Å². The lowest BCUT2D eigenvalue weighted by Crippen LogP contribution is -2.56. The first-order chi connectivity index (χ1) is 12.7. The zero-order valence-electron chi connectivity index (χ0n) is 17.0. The average Bonchev–Trinajstić information content (AvgIpc) is 2.55. The minimum atomic E-state index is -0.814. The third-order valence-electron chi connectivity index (χ3n) is 5.18. The van der Waals surface area contributed by atoms with E-state index < -0.39 is 12.1 Å². The monoisotopic (exact) mass is 376 g/mol. The van der Waals surface area contributed by atoms with E-state index in [2.05, 4.69) is 31.3 Å². The van der Waals surface area contributed by atoms with Gasteiger partial charge in [0.1, 0.15) is 5.75 Å². The Morgan fingerprint density at radius 1 is 1.30 bits per heavy atom. The smallest absolute Gasteiger partial charge is 0.317 e. The maximum Gasteiger partial charge on any atom is 0.317 e. The van der Waals surface area contributed by atoms with Gasteiger partial charge < -0.3 is 15.2 Å². The van der Waals surface area contributed by atoms with Crippen LogP contribution in [0.3, 0.4) is 0 Å². The van der Waals surface area contributed by atoms with E-state index in [4.69, 9.17) is 9.84 Å². The molecule has 0 spiro atoms. The number of carboxylic acids is 1. The number of carboxylic acid groups (broad SMARTS) is 1. The Hall–Kier alpha value is -2.08. The Bertz CT molecular complexity index is 668. The number of rotatable bonds is 9. The quantitative estimate of drug-likeness (QED) is 0.693. The molecule has 27 heavy (non-hydrogen) atoms. The summed E-state index contributed by atoms with van der Waals surface area (Å²) >= 11 is 0. The lowest BCUT2D eigenvalue weighted by molar-refractivity contribution is -0.140. The van der Waals surface area contributed by atoms with Crippen LogP contribution in [-0.2, 0) is 9.59 Å². The molecule has 1 saturated carbocycles. The summed E-state index contributed by atoms with van der Waals surface area (Å²) in [6, 6.07) is 6.38. The molecule has 0 bridgehead atoms.